The Bertz CT molecular complexity index is 1030. The number of hydrogen-bond acceptors (Lipinski definition) is 5. The fourth-order valence-corrected chi connectivity index (χ4v) is 5.02. The monoisotopic (exact) mass is 534 g/mol. The molecule has 1 saturated heterocycles. The topological polar surface area (TPSA) is 60.0 Å². The number of carbonyl (C=O) groups is 1. The predicted molar refractivity (Wildman–Crippen MR) is 139 cm³/mol. The lowest BCUT2D eigenvalue weighted by atomic mass is 10.1. The fourth-order valence-electron chi connectivity index (χ4n) is 4.20. The average molecular weight is 536 g/mol. The summed E-state index contributed by atoms with van der Waals surface area (Å²) in [5.74, 6) is 0.724. The van der Waals surface area contributed by atoms with Crippen LogP contribution in [0.3, 0.4) is 0 Å². The van der Waals surface area contributed by atoms with Crippen molar-refractivity contribution in [3.8, 4) is 11.5 Å². The minimum absolute atomic E-state index is 0.110. The first-order valence-corrected chi connectivity index (χ1v) is 12.1. The Morgan fingerprint density at radius 2 is 1.76 bits per heavy atom. The van der Waals surface area contributed by atoms with Crippen LogP contribution >= 0.6 is 28.1 Å². The lowest BCUT2D eigenvalue weighted by Gasteiger charge is -2.37. The third-order valence-electron chi connectivity index (χ3n) is 5.47. The molecule has 1 fully saturated rings. The Kier molecular flexibility index (Phi) is 8.37. The van der Waals surface area contributed by atoms with Gasteiger partial charge >= 0.3 is 0 Å². The Morgan fingerprint density at radius 3 is 2.33 bits per heavy atom. The number of amides is 1. The Morgan fingerprint density at radius 1 is 1.15 bits per heavy atom. The molecule has 0 saturated carbocycles. The van der Waals surface area contributed by atoms with Gasteiger partial charge in [0.2, 0.25) is 0 Å². The molecule has 0 radical (unpaired) electrons. The Labute approximate surface area is 209 Å². The van der Waals surface area contributed by atoms with Crippen LogP contribution in [0.5, 0.6) is 11.5 Å². The molecule has 0 unspecified atom stereocenters. The minimum Gasteiger partial charge on any atom is -0.493 e. The van der Waals surface area contributed by atoms with Crippen molar-refractivity contribution in [1.29, 1.82) is 0 Å². The van der Waals surface area contributed by atoms with E-state index in [0.717, 1.165) is 46.0 Å². The van der Waals surface area contributed by atoms with Crippen molar-refractivity contribution in [1.82, 2.24) is 4.90 Å². The van der Waals surface area contributed by atoms with E-state index in [9.17, 15) is 4.79 Å². The molecule has 2 atom stereocenters. The number of hydrogen-bond donors (Lipinski definition) is 1. The van der Waals surface area contributed by atoms with E-state index in [0.29, 0.717) is 16.0 Å². The third-order valence-corrected chi connectivity index (χ3v) is 6.56. The number of morpholine rings is 1. The molecule has 1 aliphatic heterocycles. The molecule has 3 rings (SSSR count). The van der Waals surface area contributed by atoms with Gasteiger partial charge in [0.1, 0.15) is 4.99 Å². The first-order chi connectivity index (χ1) is 15.6. The zero-order chi connectivity index (χ0) is 24.3. The minimum atomic E-state index is -0.241. The summed E-state index contributed by atoms with van der Waals surface area (Å²) in [6, 6.07) is 7.83. The highest BCUT2D eigenvalue weighted by molar-refractivity contribution is 9.10. The number of methoxy groups -OCH3 is 1. The van der Waals surface area contributed by atoms with Gasteiger partial charge in [0.25, 0.3) is 5.91 Å². The van der Waals surface area contributed by atoms with Crippen molar-refractivity contribution in [2.75, 3.05) is 32.1 Å². The van der Waals surface area contributed by atoms with Crippen LogP contribution in [-0.2, 0) is 9.53 Å². The van der Waals surface area contributed by atoms with E-state index >= 15 is 0 Å². The highest BCUT2D eigenvalue weighted by atomic mass is 79.9. The number of carbonyl (C=O) groups excluding carboxylic acids is 1. The van der Waals surface area contributed by atoms with Gasteiger partial charge < -0.3 is 24.4 Å². The highest BCUT2D eigenvalue weighted by Crippen LogP contribution is 2.37. The van der Waals surface area contributed by atoms with Gasteiger partial charge in [-0.2, -0.15) is 0 Å². The quantitative estimate of drug-likeness (QED) is 0.515. The van der Waals surface area contributed by atoms with Gasteiger partial charge in [-0.05, 0) is 73.8 Å². The lowest BCUT2D eigenvalue weighted by molar-refractivity contribution is -0.118. The van der Waals surface area contributed by atoms with E-state index in [2.05, 4.69) is 26.1 Å². The third kappa shape index (κ3) is 6.25. The molecule has 178 valence electrons. The second-order valence-electron chi connectivity index (χ2n) is 8.57. The van der Waals surface area contributed by atoms with Gasteiger partial charge in [-0.25, -0.2) is 0 Å². The molecule has 0 spiro atoms. The molecule has 1 heterocycles. The van der Waals surface area contributed by atoms with E-state index in [1.54, 1.807) is 7.11 Å². The largest absolute Gasteiger partial charge is 0.493 e. The first-order valence-electron chi connectivity index (χ1n) is 10.9. The van der Waals surface area contributed by atoms with Crippen LogP contribution in [0, 0.1) is 20.8 Å². The van der Waals surface area contributed by atoms with Crippen molar-refractivity contribution < 1.29 is 19.0 Å². The van der Waals surface area contributed by atoms with Gasteiger partial charge in [0.05, 0.1) is 23.8 Å². The molecular weight excluding hydrogens is 504 g/mol. The van der Waals surface area contributed by atoms with Crippen LogP contribution in [0.2, 0.25) is 0 Å². The summed E-state index contributed by atoms with van der Waals surface area (Å²) in [6.07, 6.45) is 0.220. The number of aryl methyl sites for hydroxylation is 3. The van der Waals surface area contributed by atoms with Crippen LogP contribution in [-0.4, -0.2) is 54.8 Å². The van der Waals surface area contributed by atoms with Crippen molar-refractivity contribution in [2.24, 2.45) is 0 Å². The normalized spacial score (nSPS) is 18.1. The number of anilines is 1. The summed E-state index contributed by atoms with van der Waals surface area (Å²) < 4.78 is 17.9. The molecule has 1 aliphatic rings. The molecule has 0 bridgehead atoms. The van der Waals surface area contributed by atoms with E-state index in [4.69, 9.17) is 26.4 Å². The number of nitrogens with one attached hydrogen (secondary N) is 1. The van der Waals surface area contributed by atoms with Crippen LogP contribution < -0.4 is 14.8 Å². The maximum Gasteiger partial charge on any atom is 0.262 e. The molecule has 0 aliphatic carbocycles. The van der Waals surface area contributed by atoms with Gasteiger partial charge in [-0.15, -0.1) is 0 Å². The van der Waals surface area contributed by atoms with Crippen LogP contribution in [0.4, 0.5) is 5.69 Å². The lowest BCUT2D eigenvalue weighted by Crippen LogP contribution is -2.47. The van der Waals surface area contributed by atoms with Crippen LogP contribution in [0.25, 0.3) is 0 Å². The highest BCUT2D eigenvalue weighted by Gasteiger charge is 2.26. The number of thiocarbonyl (C=S) groups is 1. The summed E-state index contributed by atoms with van der Waals surface area (Å²) >= 11 is 9.32. The molecule has 2 aromatic carbocycles. The first kappa shape index (κ1) is 25.5. The molecule has 2 aromatic rings. The smallest absolute Gasteiger partial charge is 0.262 e. The molecule has 1 amide bonds. The van der Waals surface area contributed by atoms with Crippen molar-refractivity contribution in [2.45, 2.75) is 46.8 Å². The maximum absolute atomic E-state index is 12.6. The summed E-state index contributed by atoms with van der Waals surface area (Å²) in [5, 5.41) is 2.95. The number of halogens is 1. The number of rotatable bonds is 6. The number of nitrogens with zero attached hydrogens (tertiary/aromatic N) is 1. The summed E-state index contributed by atoms with van der Waals surface area (Å²) in [4.78, 5) is 15.5. The zero-order valence-electron chi connectivity index (χ0n) is 20.0. The van der Waals surface area contributed by atoms with Crippen LogP contribution in [0.1, 0.15) is 36.1 Å². The SMILES string of the molecule is COc1cc(C(=S)N2C[C@@H](C)O[C@@H](C)C2)cc(Br)c1OCC(=O)Nc1c(C)cc(C)cc1C. The molecule has 6 nitrogen and oxygen atoms in total. The van der Waals surface area contributed by atoms with Gasteiger partial charge in [0, 0.05) is 24.3 Å². The van der Waals surface area contributed by atoms with Gasteiger partial charge in [-0.1, -0.05) is 29.9 Å². The van der Waals surface area contributed by atoms with Crippen molar-refractivity contribution in [3.05, 3.63) is 51.0 Å². The van der Waals surface area contributed by atoms with Crippen molar-refractivity contribution in [3.63, 3.8) is 0 Å². The molecule has 0 aromatic heterocycles. The fraction of sp³-hybridized carbons (Fsp3) is 0.440. The van der Waals surface area contributed by atoms with E-state index in [1.807, 2.05) is 58.9 Å². The Hall–Kier alpha value is -2.16. The summed E-state index contributed by atoms with van der Waals surface area (Å²) in [6.45, 7) is 11.4. The molecular formula is C25H31BrN2O4S. The van der Waals surface area contributed by atoms with E-state index in [-0.39, 0.29) is 24.7 Å². The van der Waals surface area contributed by atoms with Gasteiger partial charge in [-0.3, -0.25) is 4.79 Å². The number of benzene rings is 2. The zero-order valence-corrected chi connectivity index (χ0v) is 22.4. The van der Waals surface area contributed by atoms with Crippen molar-refractivity contribution >= 4 is 44.7 Å². The average Bonchev–Trinajstić information content (AvgIpc) is 2.73. The molecule has 1 N–H and O–H groups in total. The molecule has 33 heavy (non-hydrogen) atoms. The second-order valence-corrected chi connectivity index (χ2v) is 9.81. The van der Waals surface area contributed by atoms with Gasteiger partial charge in [0.15, 0.2) is 18.1 Å². The van der Waals surface area contributed by atoms with E-state index < -0.39 is 0 Å². The standard InChI is InChI=1S/C25H31BrN2O4S/c1-14-7-15(2)23(16(3)8-14)27-22(29)13-31-24-20(26)9-19(10-21(24)30-6)25(33)28-11-17(4)32-18(5)12-28/h7-10,17-18H,11-13H2,1-6H3,(H,27,29)/t17-,18+. The summed E-state index contributed by atoms with van der Waals surface area (Å²) in [5.41, 5.74) is 4.85. The maximum atomic E-state index is 12.6. The summed E-state index contributed by atoms with van der Waals surface area (Å²) in [7, 11) is 1.57. The Balaban J connectivity index is 1.72. The van der Waals surface area contributed by atoms with Crippen LogP contribution in [0.15, 0.2) is 28.7 Å². The number of ether oxygens (including phenoxy) is 3. The van der Waals surface area contributed by atoms with E-state index in [1.165, 1.54) is 0 Å². The second kappa shape index (κ2) is 10.8. The molecule has 8 heteroatoms. The predicted octanol–water partition coefficient (Wildman–Crippen LogP) is 5.19.